The smallest absolute Gasteiger partial charge is 0.129 e. The summed E-state index contributed by atoms with van der Waals surface area (Å²) in [6.07, 6.45) is 1.55. The van der Waals surface area contributed by atoms with Crippen LogP contribution in [0.3, 0.4) is 0 Å². The summed E-state index contributed by atoms with van der Waals surface area (Å²) in [5.41, 5.74) is 6.75. The highest BCUT2D eigenvalue weighted by molar-refractivity contribution is 7.32. The molecule has 0 aromatic heterocycles. The van der Waals surface area contributed by atoms with Crippen molar-refractivity contribution in [1.82, 2.24) is 0 Å². The third-order valence-electron chi connectivity index (χ3n) is 5.90. The number of benzene rings is 3. The summed E-state index contributed by atoms with van der Waals surface area (Å²) in [5.74, 6) is 1.46. The number of ether oxygens (including phenoxy) is 1. The maximum atomic E-state index is 10.1. The van der Waals surface area contributed by atoms with E-state index in [1.807, 2.05) is 30.3 Å². The first-order valence-electron chi connectivity index (χ1n) is 11.6. The van der Waals surface area contributed by atoms with E-state index < -0.39 is 0 Å². The Balaban J connectivity index is 1.61. The number of phenols is 1. The Hall–Kier alpha value is -2.10. The number of hydrogen-bond donors (Lipinski definition) is 2. The third-order valence-corrected chi connectivity index (χ3v) is 6.85. The molecule has 3 aromatic carbocycles. The zero-order valence-electron chi connectivity index (χ0n) is 20.3. The second-order valence-electron chi connectivity index (χ2n) is 8.87. The van der Waals surface area contributed by atoms with Gasteiger partial charge in [-0.15, -0.1) is 0 Å². The Morgan fingerprint density at radius 2 is 1.74 bits per heavy atom. The van der Waals surface area contributed by atoms with Crippen molar-refractivity contribution in [1.29, 1.82) is 0 Å². The second-order valence-corrected chi connectivity index (χ2v) is 10.1. The van der Waals surface area contributed by atoms with Gasteiger partial charge in [0, 0.05) is 18.1 Å². The quantitative estimate of drug-likeness (QED) is 0.212. The Labute approximate surface area is 209 Å². The van der Waals surface area contributed by atoms with Crippen LogP contribution in [0.4, 0.5) is 0 Å². The van der Waals surface area contributed by atoms with Crippen molar-refractivity contribution in [2.24, 2.45) is 0 Å². The van der Waals surface area contributed by atoms with E-state index in [-0.39, 0.29) is 27.4 Å². The van der Waals surface area contributed by atoms with Crippen LogP contribution >= 0.6 is 20.4 Å². The predicted octanol–water partition coefficient (Wildman–Crippen LogP) is 7.45. The van der Waals surface area contributed by atoms with Crippen molar-refractivity contribution in [3.8, 4) is 11.5 Å². The fourth-order valence-electron chi connectivity index (χ4n) is 4.06. The van der Waals surface area contributed by atoms with Gasteiger partial charge in [-0.3, -0.25) is 0 Å². The van der Waals surface area contributed by atoms with E-state index in [2.05, 4.69) is 45.9 Å². The molecule has 3 aromatic rings. The van der Waals surface area contributed by atoms with Gasteiger partial charge in [-0.25, -0.2) is 0 Å². The molecule has 4 nitrogen and oxygen atoms in total. The molecular weight excluding hydrogens is 467 g/mol. The minimum Gasteiger partial charge on any atom is -0.508 e. The first-order valence-corrected chi connectivity index (χ1v) is 13.1. The molecule has 0 aliphatic carbocycles. The topological polar surface area (TPSA) is 58.9 Å². The molecule has 2 atom stereocenters. The molecule has 0 aliphatic heterocycles. The lowest BCUT2D eigenvalue weighted by Gasteiger charge is -2.18. The van der Waals surface area contributed by atoms with Gasteiger partial charge in [0.05, 0.1) is 14.9 Å². The van der Waals surface area contributed by atoms with Crippen molar-refractivity contribution in [3.05, 3.63) is 93.0 Å². The molecule has 0 spiro atoms. The van der Waals surface area contributed by atoms with Gasteiger partial charge in [0.15, 0.2) is 0 Å². The van der Waals surface area contributed by atoms with Crippen LogP contribution in [0.1, 0.15) is 65.7 Å². The standard InChI is InChI=1S/C28H34ClO4P/c1-18(2)25-14-21(8-9-27(25)31)15-26-19(3)12-24(13-20(26)4)32-17-34-33-28(10-11-30)22-6-5-7-23(29)16-22/h5-9,12-14,16,18,28,30-31,34H,10-11,15,17H2,1-4H3/t28-/m0/s1. The maximum Gasteiger partial charge on any atom is 0.129 e. The molecular formula is C28H34ClO4P. The van der Waals surface area contributed by atoms with Gasteiger partial charge in [0.2, 0.25) is 0 Å². The summed E-state index contributed by atoms with van der Waals surface area (Å²) >= 11 is 6.10. The molecule has 6 heteroatoms. The molecule has 0 bridgehead atoms. The van der Waals surface area contributed by atoms with Crippen LogP contribution in [0.15, 0.2) is 54.6 Å². The van der Waals surface area contributed by atoms with Crippen LogP contribution in [0.2, 0.25) is 5.02 Å². The molecule has 34 heavy (non-hydrogen) atoms. The fourth-order valence-corrected chi connectivity index (χ4v) is 5.01. The summed E-state index contributed by atoms with van der Waals surface area (Å²) in [6, 6.07) is 17.6. The van der Waals surface area contributed by atoms with Crippen molar-refractivity contribution >= 4 is 20.4 Å². The van der Waals surface area contributed by atoms with Crippen LogP contribution < -0.4 is 4.74 Å². The minimum atomic E-state index is -0.211. The summed E-state index contributed by atoms with van der Waals surface area (Å²) in [4.78, 5) is 0. The number of aryl methyl sites for hydroxylation is 2. The van der Waals surface area contributed by atoms with Gasteiger partial charge in [-0.2, -0.15) is 0 Å². The average molecular weight is 501 g/mol. The van der Waals surface area contributed by atoms with Gasteiger partial charge in [-0.1, -0.05) is 49.7 Å². The van der Waals surface area contributed by atoms with Gasteiger partial charge in [0.25, 0.3) is 0 Å². The van der Waals surface area contributed by atoms with Crippen molar-refractivity contribution in [3.63, 3.8) is 0 Å². The zero-order valence-corrected chi connectivity index (χ0v) is 22.0. The monoisotopic (exact) mass is 500 g/mol. The van der Waals surface area contributed by atoms with Gasteiger partial charge >= 0.3 is 0 Å². The highest BCUT2D eigenvalue weighted by Crippen LogP contribution is 2.32. The Morgan fingerprint density at radius 1 is 1.00 bits per heavy atom. The van der Waals surface area contributed by atoms with E-state index in [4.69, 9.17) is 20.9 Å². The van der Waals surface area contributed by atoms with E-state index in [1.165, 1.54) is 22.3 Å². The number of phenolic OH excluding ortho intramolecular Hbond substituents is 1. The maximum absolute atomic E-state index is 10.1. The summed E-state index contributed by atoms with van der Waals surface area (Å²) < 4.78 is 12.0. The van der Waals surface area contributed by atoms with E-state index in [0.717, 1.165) is 23.3 Å². The van der Waals surface area contributed by atoms with E-state index in [0.29, 0.717) is 23.5 Å². The molecule has 1 unspecified atom stereocenters. The molecule has 0 saturated heterocycles. The molecule has 0 heterocycles. The molecule has 182 valence electrons. The lowest BCUT2D eigenvalue weighted by Crippen LogP contribution is -2.04. The number of aromatic hydroxyl groups is 1. The first-order chi connectivity index (χ1) is 16.3. The van der Waals surface area contributed by atoms with Gasteiger partial charge < -0.3 is 19.5 Å². The second kappa shape index (κ2) is 12.6. The molecule has 0 fully saturated rings. The summed E-state index contributed by atoms with van der Waals surface area (Å²) in [6.45, 7) is 8.43. The SMILES string of the molecule is Cc1cc(OCPO[C@@H](CCO)c2cccc(Cl)c2)cc(C)c1Cc1ccc(O)c(C(C)C)c1. The normalized spacial score (nSPS) is 12.6. The van der Waals surface area contributed by atoms with Gasteiger partial charge in [-0.05, 0) is 89.9 Å². The van der Waals surface area contributed by atoms with Crippen molar-refractivity contribution < 1.29 is 19.5 Å². The van der Waals surface area contributed by atoms with E-state index in [9.17, 15) is 10.2 Å². The average Bonchev–Trinajstić information content (AvgIpc) is 2.79. The van der Waals surface area contributed by atoms with Crippen LogP contribution in [-0.2, 0) is 10.9 Å². The minimum absolute atomic E-state index is 0.0437. The van der Waals surface area contributed by atoms with E-state index >= 15 is 0 Å². The predicted molar refractivity (Wildman–Crippen MR) is 142 cm³/mol. The highest BCUT2D eigenvalue weighted by atomic mass is 35.5. The van der Waals surface area contributed by atoms with Crippen LogP contribution in [0.5, 0.6) is 11.5 Å². The number of aliphatic hydroxyl groups is 1. The molecule has 0 amide bonds. The zero-order chi connectivity index (χ0) is 24.7. The van der Waals surface area contributed by atoms with Crippen LogP contribution in [-0.4, -0.2) is 23.2 Å². The molecule has 3 rings (SSSR count). The van der Waals surface area contributed by atoms with Gasteiger partial charge in [0.1, 0.15) is 17.8 Å². The largest absolute Gasteiger partial charge is 0.508 e. The number of hydrogen-bond acceptors (Lipinski definition) is 4. The number of halogens is 1. The Morgan fingerprint density at radius 3 is 2.38 bits per heavy atom. The Bertz CT molecular complexity index is 1080. The number of aliphatic hydroxyl groups excluding tert-OH is 1. The lowest BCUT2D eigenvalue weighted by atomic mass is 9.93. The molecule has 0 aliphatic rings. The third kappa shape index (κ3) is 7.20. The number of rotatable bonds is 11. The lowest BCUT2D eigenvalue weighted by molar-refractivity contribution is 0.171. The summed E-state index contributed by atoms with van der Waals surface area (Å²) in [7, 11) is 0.133. The van der Waals surface area contributed by atoms with Crippen LogP contribution in [0.25, 0.3) is 0 Å². The Kier molecular flexibility index (Phi) is 9.79. The highest BCUT2D eigenvalue weighted by Gasteiger charge is 2.13. The van der Waals surface area contributed by atoms with E-state index in [1.54, 1.807) is 6.07 Å². The van der Waals surface area contributed by atoms with Crippen molar-refractivity contribution in [2.45, 2.75) is 52.6 Å². The summed E-state index contributed by atoms with van der Waals surface area (Å²) in [5, 5.41) is 20.2. The van der Waals surface area contributed by atoms with Crippen LogP contribution in [0, 0.1) is 13.8 Å². The first kappa shape index (κ1) is 26.5. The van der Waals surface area contributed by atoms with Crippen molar-refractivity contribution in [2.75, 3.05) is 13.0 Å². The molecule has 2 N–H and O–H groups in total. The molecule has 0 radical (unpaired) electrons. The fraction of sp³-hybridized carbons (Fsp3) is 0.357. The molecule has 0 saturated carbocycles.